The summed E-state index contributed by atoms with van der Waals surface area (Å²) in [6.07, 6.45) is 1.53. The standard InChI is InChI=1S/C20H29NO4/c1-18(2,3)25-17(22)21-16(14-23-19(21,4)5)20(11-12-20)24-13-15-9-7-6-8-10-15/h6-10,16H,11-14H2,1-5H3/t16-/m0/s1. The van der Waals surface area contributed by atoms with Crippen molar-refractivity contribution in [2.45, 2.75) is 77.0 Å². The lowest BCUT2D eigenvalue weighted by Crippen LogP contribution is -2.54. The van der Waals surface area contributed by atoms with Crippen molar-refractivity contribution >= 4 is 6.09 Å². The molecule has 138 valence electrons. The number of carbonyl (C=O) groups excluding carboxylic acids is 1. The van der Waals surface area contributed by atoms with Gasteiger partial charge in [-0.15, -0.1) is 0 Å². The summed E-state index contributed by atoms with van der Waals surface area (Å²) >= 11 is 0. The lowest BCUT2D eigenvalue weighted by molar-refractivity contribution is -0.0788. The van der Waals surface area contributed by atoms with Crippen molar-refractivity contribution in [3.05, 3.63) is 35.9 Å². The summed E-state index contributed by atoms with van der Waals surface area (Å²) in [6.45, 7) is 10.5. The Balaban J connectivity index is 1.74. The molecule has 25 heavy (non-hydrogen) atoms. The molecule has 0 spiro atoms. The third-order valence-corrected chi connectivity index (χ3v) is 4.80. The van der Waals surface area contributed by atoms with E-state index in [1.807, 2.05) is 52.8 Å². The molecule has 2 aliphatic rings. The monoisotopic (exact) mass is 347 g/mol. The molecule has 5 nitrogen and oxygen atoms in total. The molecular formula is C20H29NO4. The molecule has 1 aliphatic heterocycles. The molecule has 1 aromatic carbocycles. The molecule has 0 bridgehead atoms. The SMILES string of the molecule is CC(C)(C)OC(=O)N1[C@H](C2(OCc3ccccc3)CC2)COC1(C)C. The van der Waals surface area contributed by atoms with Gasteiger partial charge in [0.1, 0.15) is 11.3 Å². The predicted molar refractivity (Wildman–Crippen MR) is 95.1 cm³/mol. The van der Waals surface area contributed by atoms with E-state index in [2.05, 4.69) is 12.1 Å². The largest absolute Gasteiger partial charge is 0.444 e. The summed E-state index contributed by atoms with van der Waals surface area (Å²) in [5, 5.41) is 0. The number of amides is 1. The molecule has 3 rings (SSSR count). The van der Waals surface area contributed by atoms with Gasteiger partial charge >= 0.3 is 6.09 Å². The highest BCUT2D eigenvalue weighted by atomic mass is 16.6. The van der Waals surface area contributed by atoms with E-state index < -0.39 is 11.3 Å². The number of hydrogen-bond donors (Lipinski definition) is 0. The Kier molecular flexibility index (Phi) is 4.58. The molecule has 0 N–H and O–H groups in total. The number of rotatable bonds is 4. The van der Waals surface area contributed by atoms with Gasteiger partial charge in [0.15, 0.2) is 0 Å². The first kappa shape index (κ1) is 18.2. The first-order valence-corrected chi connectivity index (χ1v) is 8.97. The quantitative estimate of drug-likeness (QED) is 0.822. The van der Waals surface area contributed by atoms with Crippen molar-refractivity contribution < 1.29 is 19.0 Å². The molecule has 1 heterocycles. The second-order valence-electron chi connectivity index (χ2n) is 8.46. The van der Waals surface area contributed by atoms with Gasteiger partial charge < -0.3 is 14.2 Å². The Labute approximate surface area is 150 Å². The average molecular weight is 347 g/mol. The fourth-order valence-electron chi connectivity index (χ4n) is 3.35. The van der Waals surface area contributed by atoms with Crippen molar-refractivity contribution in [3.63, 3.8) is 0 Å². The van der Waals surface area contributed by atoms with Crippen LogP contribution in [0.15, 0.2) is 30.3 Å². The van der Waals surface area contributed by atoms with Crippen LogP contribution in [0.3, 0.4) is 0 Å². The molecule has 1 aromatic rings. The maximum absolute atomic E-state index is 12.8. The maximum Gasteiger partial charge on any atom is 0.413 e. The van der Waals surface area contributed by atoms with E-state index >= 15 is 0 Å². The second-order valence-corrected chi connectivity index (χ2v) is 8.46. The maximum atomic E-state index is 12.8. The minimum absolute atomic E-state index is 0.124. The average Bonchev–Trinajstić information content (AvgIpc) is 3.22. The first-order valence-electron chi connectivity index (χ1n) is 8.97. The van der Waals surface area contributed by atoms with Gasteiger partial charge in [-0.3, -0.25) is 4.90 Å². The van der Waals surface area contributed by atoms with Crippen molar-refractivity contribution in [3.8, 4) is 0 Å². The number of benzene rings is 1. The third-order valence-electron chi connectivity index (χ3n) is 4.80. The minimum atomic E-state index is -0.696. The van der Waals surface area contributed by atoms with E-state index in [1.54, 1.807) is 4.90 Å². The van der Waals surface area contributed by atoms with Gasteiger partial charge in [0.2, 0.25) is 0 Å². The lowest BCUT2D eigenvalue weighted by Gasteiger charge is -2.37. The zero-order valence-electron chi connectivity index (χ0n) is 15.9. The van der Waals surface area contributed by atoms with E-state index in [0.717, 1.165) is 18.4 Å². The molecule has 1 atom stereocenters. The summed E-state index contributed by atoms with van der Waals surface area (Å²) in [4.78, 5) is 14.5. The Bertz CT molecular complexity index is 616. The molecule has 1 saturated heterocycles. The Morgan fingerprint density at radius 3 is 2.44 bits per heavy atom. The summed E-state index contributed by atoms with van der Waals surface area (Å²) in [5.74, 6) is 0. The molecule has 1 saturated carbocycles. The van der Waals surface area contributed by atoms with Gasteiger partial charge in [0, 0.05) is 0 Å². The molecule has 5 heteroatoms. The Morgan fingerprint density at radius 1 is 1.24 bits per heavy atom. The summed E-state index contributed by atoms with van der Waals surface area (Å²) in [5.41, 5.74) is -0.433. The van der Waals surface area contributed by atoms with Crippen LogP contribution in [0.1, 0.15) is 53.0 Å². The smallest absolute Gasteiger partial charge is 0.413 e. The van der Waals surface area contributed by atoms with Gasteiger partial charge in [0.25, 0.3) is 0 Å². The highest BCUT2D eigenvalue weighted by molar-refractivity contribution is 5.70. The van der Waals surface area contributed by atoms with Crippen LogP contribution >= 0.6 is 0 Å². The van der Waals surface area contributed by atoms with Crippen molar-refractivity contribution in [1.29, 1.82) is 0 Å². The predicted octanol–water partition coefficient (Wildman–Crippen LogP) is 4.11. The molecule has 0 aromatic heterocycles. The normalized spacial score (nSPS) is 24.2. The topological polar surface area (TPSA) is 48.0 Å². The van der Waals surface area contributed by atoms with Gasteiger partial charge in [-0.25, -0.2) is 4.79 Å². The van der Waals surface area contributed by atoms with Crippen LogP contribution < -0.4 is 0 Å². The van der Waals surface area contributed by atoms with E-state index in [-0.39, 0.29) is 17.7 Å². The Hall–Kier alpha value is -1.59. The summed E-state index contributed by atoms with van der Waals surface area (Å²) in [6, 6.07) is 9.99. The fourth-order valence-corrected chi connectivity index (χ4v) is 3.35. The Morgan fingerprint density at radius 2 is 1.88 bits per heavy atom. The van der Waals surface area contributed by atoms with Gasteiger partial charge in [-0.2, -0.15) is 0 Å². The van der Waals surface area contributed by atoms with Crippen molar-refractivity contribution in [2.24, 2.45) is 0 Å². The molecule has 1 aliphatic carbocycles. The number of nitrogens with zero attached hydrogens (tertiary/aromatic N) is 1. The van der Waals surface area contributed by atoms with Gasteiger partial charge in [0.05, 0.1) is 24.9 Å². The van der Waals surface area contributed by atoms with Crippen LogP contribution in [-0.2, 0) is 20.8 Å². The highest BCUT2D eigenvalue weighted by Crippen LogP contribution is 2.49. The molecular weight excluding hydrogens is 318 g/mol. The van der Waals surface area contributed by atoms with Crippen molar-refractivity contribution in [2.75, 3.05) is 6.61 Å². The zero-order valence-corrected chi connectivity index (χ0v) is 15.9. The number of carbonyl (C=O) groups is 1. The highest BCUT2D eigenvalue weighted by Gasteiger charge is 2.60. The molecule has 2 fully saturated rings. The van der Waals surface area contributed by atoms with Crippen LogP contribution in [0.5, 0.6) is 0 Å². The van der Waals surface area contributed by atoms with E-state index in [0.29, 0.717) is 13.2 Å². The minimum Gasteiger partial charge on any atom is -0.444 e. The lowest BCUT2D eigenvalue weighted by atomic mass is 10.1. The van der Waals surface area contributed by atoms with Crippen LogP contribution in [0.4, 0.5) is 4.79 Å². The van der Waals surface area contributed by atoms with Gasteiger partial charge in [-0.1, -0.05) is 30.3 Å². The van der Waals surface area contributed by atoms with Crippen LogP contribution in [0, 0.1) is 0 Å². The van der Waals surface area contributed by atoms with Crippen LogP contribution in [-0.4, -0.2) is 40.6 Å². The summed E-state index contributed by atoms with van der Waals surface area (Å²) in [7, 11) is 0. The second kappa shape index (κ2) is 6.29. The molecule has 1 amide bonds. The van der Waals surface area contributed by atoms with E-state index in [1.165, 1.54) is 0 Å². The van der Waals surface area contributed by atoms with E-state index in [9.17, 15) is 4.79 Å². The summed E-state index contributed by atoms with van der Waals surface area (Å²) < 4.78 is 17.8. The third kappa shape index (κ3) is 3.98. The molecule has 0 unspecified atom stereocenters. The van der Waals surface area contributed by atoms with Crippen LogP contribution in [0.2, 0.25) is 0 Å². The van der Waals surface area contributed by atoms with Crippen molar-refractivity contribution in [1.82, 2.24) is 4.90 Å². The van der Waals surface area contributed by atoms with Crippen LogP contribution in [0.25, 0.3) is 0 Å². The van der Waals surface area contributed by atoms with Gasteiger partial charge in [-0.05, 0) is 53.0 Å². The zero-order chi connectivity index (χ0) is 18.3. The first-order chi connectivity index (χ1) is 11.6. The molecule has 0 radical (unpaired) electrons. The number of ether oxygens (including phenoxy) is 3. The van der Waals surface area contributed by atoms with E-state index in [4.69, 9.17) is 14.2 Å². The fraction of sp³-hybridized carbons (Fsp3) is 0.650. The number of hydrogen-bond acceptors (Lipinski definition) is 4.